The quantitative estimate of drug-likeness (QED) is 0.569. The number of nitrogens with zero attached hydrogens (tertiary/aromatic N) is 4. The predicted octanol–water partition coefficient (Wildman–Crippen LogP) is 3.64. The second-order valence-electron chi connectivity index (χ2n) is 5.52. The lowest BCUT2D eigenvalue weighted by Gasteiger charge is -2.03. The first-order chi connectivity index (χ1) is 13.2. The molecule has 0 aliphatic rings. The summed E-state index contributed by atoms with van der Waals surface area (Å²) in [5.41, 5.74) is 0.762. The van der Waals surface area contributed by atoms with Crippen molar-refractivity contribution < 1.29 is 13.9 Å². The van der Waals surface area contributed by atoms with Crippen LogP contribution < -0.4 is 10.1 Å². The van der Waals surface area contributed by atoms with Gasteiger partial charge in [0.1, 0.15) is 11.6 Å². The summed E-state index contributed by atoms with van der Waals surface area (Å²) in [6.07, 6.45) is 0. The average molecular weight is 383 g/mol. The van der Waals surface area contributed by atoms with Crippen LogP contribution in [-0.2, 0) is 0 Å². The summed E-state index contributed by atoms with van der Waals surface area (Å²) in [5, 5.41) is 15.5. The number of aromatic nitrogens is 4. The van der Waals surface area contributed by atoms with E-state index < -0.39 is 11.7 Å². The molecule has 2 heterocycles. The van der Waals surface area contributed by atoms with Gasteiger partial charge in [-0.25, -0.2) is 4.39 Å². The fourth-order valence-electron chi connectivity index (χ4n) is 2.52. The second-order valence-corrected chi connectivity index (χ2v) is 6.47. The molecule has 0 saturated heterocycles. The van der Waals surface area contributed by atoms with E-state index in [1.54, 1.807) is 6.07 Å². The van der Waals surface area contributed by atoms with Crippen molar-refractivity contribution in [2.75, 3.05) is 11.9 Å². The second kappa shape index (κ2) is 7.12. The maximum atomic E-state index is 13.7. The Morgan fingerprint density at radius 1 is 1.19 bits per heavy atom. The van der Waals surface area contributed by atoms with Crippen molar-refractivity contribution in [1.82, 2.24) is 19.8 Å². The van der Waals surface area contributed by atoms with E-state index in [0.717, 1.165) is 22.6 Å². The Hall–Kier alpha value is -3.33. The maximum absolute atomic E-state index is 13.7. The van der Waals surface area contributed by atoms with Gasteiger partial charge in [-0.1, -0.05) is 23.5 Å². The summed E-state index contributed by atoms with van der Waals surface area (Å²) < 4.78 is 20.7. The molecule has 136 valence electrons. The maximum Gasteiger partial charge on any atom is 0.260 e. The van der Waals surface area contributed by atoms with E-state index in [1.165, 1.54) is 22.7 Å². The number of anilines is 1. The monoisotopic (exact) mass is 383 g/mol. The van der Waals surface area contributed by atoms with Gasteiger partial charge in [-0.2, -0.15) is 4.52 Å². The third kappa shape index (κ3) is 3.36. The highest BCUT2D eigenvalue weighted by atomic mass is 32.1. The molecule has 27 heavy (non-hydrogen) atoms. The van der Waals surface area contributed by atoms with E-state index in [9.17, 15) is 9.18 Å². The molecule has 2 aromatic carbocycles. The molecule has 1 N–H and O–H groups in total. The first-order valence-corrected chi connectivity index (χ1v) is 8.98. The number of carbonyl (C=O) groups excluding carboxylic acids is 1. The lowest BCUT2D eigenvalue weighted by molar-refractivity contribution is 0.102. The number of ether oxygens (including phenoxy) is 1. The smallest absolute Gasteiger partial charge is 0.260 e. The van der Waals surface area contributed by atoms with E-state index in [-0.39, 0.29) is 5.56 Å². The number of carbonyl (C=O) groups is 1. The van der Waals surface area contributed by atoms with Crippen LogP contribution in [-0.4, -0.2) is 32.3 Å². The van der Waals surface area contributed by atoms with Gasteiger partial charge in [0.25, 0.3) is 5.91 Å². The number of halogens is 1. The lowest BCUT2D eigenvalue weighted by Crippen LogP contribution is -2.13. The van der Waals surface area contributed by atoms with Crippen molar-refractivity contribution in [1.29, 1.82) is 0 Å². The highest BCUT2D eigenvalue weighted by molar-refractivity contribution is 7.20. The molecule has 0 aliphatic heterocycles. The van der Waals surface area contributed by atoms with Gasteiger partial charge in [-0.05, 0) is 43.3 Å². The van der Waals surface area contributed by atoms with E-state index in [1.807, 2.05) is 31.2 Å². The molecule has 2 aromatic heterocycles. The summed E-state index contributed by atoms with van der Waals surface area (Å²) >= 11 is 1.15. The Balaban J connectivity index is 1.60. The Morgan fingerprint density at radius 3 is 2.70 bits per heavy atom. The van der Waals surface area contributed by atoms with Crippen molar-refractivity contribution in [3.05, 3.63) is 59.9 Å². The van der Waals surface area contributed by atoms with Crippen LogP contribution in [0.3, 0.4) is 0 Å². The minimum absolute atomic E-state index is 0.0461. The number of fused-ring (bicyclic) bond motifs is 1. The molecule has 4 rings (SSSR count). The largest absolute Gasteiger partial charge is 0.494 e. The molecule has 4 aromatic rings. The molecule has 9 heteroatoms. The van der Waals surface area contributed by atoms with Crippen LogP contribution >= 0.6 is 11.3 Å². The number of benzene rings is 2. The zero-order valence-electron chi connectivity index (χ0n) is 14.2. The number of hydrogen-bond donors (Lipinski definition) is 1. The van der Waals surface area contributed by atoms with Crippen LogP contribution in [0.15, 0.2) is 48.5 Å². The normalized spacial score (nSPS) is 10.9. The van der Waals surface area contributed by atoms with Crippen molar-refractivity contribution in [3.63, 3.8) is 0 Å². The van der Waals surface area contributed by atoms with Gasteiger partial charge in [0.15, 0.2) is 5.82 Å². The van der Waals surface area contributed by atoms with E-state index in [4.69, 9.17) is 4.74 Å². The van der Waals surface area contributed by atoms with Gasteiger partial charge in [-0.15, -0.1) is 15.3 Å². The van der Waals surface area contributed by atoms with Crippen LogP contribution in [0.5, 0.6) is 5.75 Å². The molecule has 0 fully saturated rings. The Kier molecular flexibility index (Phi) is 4.51. The standard InChI is InChI=1S/C18H14FN5O2S/c1-2-26-12-9-7-11(8-10-12)15-21-22-18-24(15)23-17(27-18)20-16(25)13-5-3-4-6-14(13)19/h3-10H,2H2,1H3,(H,20,23,25). The van der Waals surface area contributed by atoms with E-state index in [0.29, 0.717) is 22.5 Å². The summed E-state index contributed by atoms with van der Waals surface area (Å²) in [6, 6.07) is 13.2. The van der Waals surface area contributed by atoms with Crippen molar-refractivity contribution in [2.24, 2.45) is 0 Å². The summed E-state index contributed by atoms with van der Waals surface area (Å²) in [5.74, 6) is 0.141. The van der Waals surface area contributed by atoms with Gasteiger partial charge in [0.2, 0.25) is 10.1 Å². The highest BCUT2D eigenvalue weighted by Crippen LogP contribution is 2.26. The number of hydrogen-bond acceptors (Lipinski definition) is 6. The highest BCUT2D eigenvalue weighted by Gasteiger charge is 2.17. The van der Waals surface area contributed by atoms with Gasteiger partial charge in [0.05, 0.1) is 12.2 Å². The summed E-state index contributed by atoms with van der Waals surface area (Å²) in [6.45, 7) is 2.51. The predicted molar refractivity (Wildman–Crippen MR) is 99.6 cm³/mol. The van der Waals surface area contributed by atoms with Crippen LogP contribution in [0.2, 0.25) is 0 Å². The molecular formula is C18H14FN5O2S. The first kappa shape index (κ1) is 17.1. The topological polar surface area (TPSA) is 81.4 Å². The molecule has 0 bridgehead atoms. The zero-order valence-corrected chi connectivity index (χ0v) is 15.0. The third-order valence-corrected chi connectivity index (χ3v) is 4.57. The molecule has 0 spiro atoms. The van der Waals surface area contributed by atoms with E-state index in [2.05, 4.69) is 20.6 Å². The summed E-state index contributed by atoms with van der Waals surface area (Å²) in [4.78, 5) is 12.8. The molecule has 7 nitrogen and oxygen atoms in total. The molecule has 0 atom stereocenters. The molecule has 0 radical (unpaired) electrons. The fraction of sp³-hybridized carbons (Fsp3) is 0.111. The van der Waals surface area contributed by atoms with Gasteiger partial charge in [0, 0.05) is 5.56 Å². The third-order valence-electron chi connectivity index (χ3n) is 3.75. The Morgan fingerprint density at radius 2 is 1.96 bits per heavy atom. The minimum Gasteiger partial charge on any atom is -0.494 e. The molecule has 1 amide bonds. The molecular weight excluding hydrogens is 369 g/mol. The molecule has 0 unspecified atom stereocenters. The van der Waals surface area contributed by atoms with Crippen LogP contribution in [0.4, 0.5) is 9.52 Å². The van der Waals surface area contributed by atoms with Crippen LogP contribution in [0.25, 0.3) is 16.3 Å². The van der Waals surface area contributed by atoms with Crippen molar-refractivity contribution in [3.8, 4) is 17.1 Å². The number of amides is 1. The Labute approximate surface area is 157 Å². The van der Waals surface area contributed by atoms with Crippen LogP contribution in [0.1, 0.15) is 17.3 Å². The van der Waals surface area contributed by atoms with Crippen molar-refractivity contribution in [2.45, 2.75) is 6.92 Å². The average Bonchev–Trinajstić information content (AvgIpc) is 3.23. The van der Waals surface area contributed by atoms with Gasteiger partial charge in [-0.3, -0.25) is 10.1 Å². The zero-order chi connectivity index (χ0) is 18.8. The van der Waals surface area contributed by atoms with Gasteiger partial charge >= 0.3 is 0 Å². The number of nitrogens with one attached hydrogen (secondary N) is 1. The molecule has 0 aliphatic carbocycles. The Bertz CT molecular complexity index is 1110. The minimum atomic E-state index is -0.590. The first-order valence-electron chi connectivity index (χ1n) is 8.17. The SMILES string of the molecule is CCOc1ccc(-c2nnc3sc(NC(=O)c4ccccc4F)nn23)cc1. The number of rotatable bonds is 5. The van der Waals surface area contributed by atoms with Crippen LogP contribution in [0, 0.1) is 5.82 Å². The lowest BCUT2D eigenvalue weighted by atomic mass is 10.2. The van der Waals surface area contributed by atoms with Crippen molar-refractivity contribution >= 4 is 27.3 Å². The molecule has 0 saturated carbocycles. The fourth-order valence-corrected chi connectivity index (χ4v) is 3.26. The van der Waals surface area contributed by atoms with Gasteiger partial charge < -0.3 is 4.74 Å². The summed E-state index contributed by atoms with van der Waals surface area (Å²) in [7, 11) is 0. The van der Waals surface area contributed by atoms with E-state index >= 15 is 0 Å².